The van der Waals surface area contributed by atoms with Gasteiger partial charge in [-0.25, -0.2) is 4.98 Å². The summed E-state index contributed by atoms with van der Waals surface area (Å²) in [4.78, 5) is 15.5. The van der Waals surface area contributed by atoms with Gasteiger partial charge in [0.05, 0.1) is 0 Å². The van der Waals surface area contributed by atoms with E-state index in [-0.39, 0.29) is 5.91 Å². The van der Waals surface area contributed by atoms with E-state index < -0.39 is 8.80 Å². The van der Waals surface area contributed by atoms with Crippen LogP contribution in [-0.2, 0) is 19.7 Å². The largest absolute Gasteiger partial charge is 0.500 e. The third-order valence-corrected chi connectivity index (χ3v) is 5.70. The number of aryl methyl sites for hydroxylation is 1. The molecule has 0 aromatic carbocycles. The summed E-state index contributed by atoms with van der Waals surface area (Å²) in [6.07, 6.45) is 4.79. The molecular formula is C11H20N2O4Si. The zero-order chi connectivity index (χ0) is 13.6. The first-order valence-corrected chi connectivity index (χ1v) is 7.70. The first kappa shape index (κ1) is 15.0. The van der Waals surface area contributed by atoms with Gasteiger partial charge in [-0.3, -0.25) is 9.36 Å². The van der Waals surface area contributed by atoms with Crippen molar-refractivity contribution in [2.75, 3.05) is 21.3 Å². The molecule has 6 nitrogen and oxygen atoms in total. The lowest BCUT2D eigenvalue weighted by molar-refractivity contribution is 0.0933. The van der Waals surface area contributed by atoms with Crippen molar-refractivity contribution >= 4 is 14.7 Å². The molecule has 0 radical (unpaired) electrons. The number of aromatic nitrogens is 2. The molecule has 0 aliphatic rings. The van der Waals surface area contributed by atoms with Crippen LogP contribution in [0.4, 0.5) is 0 Å². The highest BCUT2D eigenvalue weighted by Gasteiger charge is 2.36. The highest BCUT2D eigenvalue weighted by atomic mass is 28.4. The quantitative estimate of drug-likeness (QED) is 0.701. The van der Waals surface area contributed by atoms with Gasteiger partial charge in [0, 0.05) is 53.1 Å². The third kappa shape index (κ3) is 3.48. The molecule has 0 saturated heterocycles. The highest BCUT2D eigenvalue weighted by molar-refractivity contribution is 6.60. The number of carbonyl (C=O) groups excluding carboxylic acids is 1. The maximum Gasteiger partial charge on any atom is 0.500 e. The second-order valence-electron chi connectivity index (χ2n) is 3.88. The predicted octanol–water partition coefficient (Wildman–Crippen LogP) is 1.35. The van der Waals surface area contributed by atoms with E-state index in [1.165, 1.54) is 6.92 Å². The lowest BCUT2D eigenvalue weighted by Gasteiger charge is -2.24. The Bertz CT molecular complexity index is 382. The van der Waals surface area contributed by atoms with E-state index in [0.29, 0.717) is 12.5 Å². The molecule has 0 saturated carbocycles. The summed E-state index contributed by atoms with van der Waals surface area (Å²) in [6.45, 7) is 1.52. The number of hydrogen-bond donors (Lipinski definition) is 0. The van der Waals surface area contributed by atoms with Crippen LogP contribution in [0.1, 0.15) is 24.0 Å². The fraction of sp³-hybridized carbons (Fsp3) is 0.636. The van der Waals surface area contributed by atoms with Crippen LogP contribution < -0.4 is 0 Å². The zero-order valence-corrected chi connectivity index (χ0v) is 12.3. The van der Waals surface area contributed by atoms with E-state index in [4.69, 9.17) is 13.3 Å². The monoisotopic (exact) mass is 272 g/mol. The summed E-state index contributed by atoms with van der Waals surface area (Å²) in [5, 5.41) is 0. The summed E-state index contributed by atoms with van der Waals surface area (Å²) in [6, 6.07) is 0.696. The zero-order valence-electron chi connectivity index (χ0n) is 11.3. The molecular weight excluding hydrogens is 252 g/mol. The SMILES string of the molecule is CO[Si](CCCc1nccn1C(C)=O)(OC)OC. The van der Waals surface area contributed by atoms with Crippen molar-refractivity contribution in [3.63, 3.8) is 0 Å². The first-order chi connectivity index (χ1) is 8.58. The van der Waals surface area contributed by atoms with Gasteiger partial charge in [-0.15, -0.1) is 0 Å². The average molecular weight is 272 g/mol. The molecule has 7 heteroatoms. The van der Waals surface area contributed by atoms with Gasteiger partial charge >= 0.3 is 8.80 Å². The fourth-order valence-corrected chi connectivity index (χ4v) is 3.55. The van der Waals surface area contributed by atoms with Gasteiger partial charge in [-0.1, -0.05) is 0 Å². The molecule has 0 atom stereocenters. The molecule has 18 heavy (non-hydrogen) atoms. The van der Waals surface area contributed by atoms with Crippen LogP contribution in [0.3, 0.4) is 0 Å². The Morgan fingerprint density at radius 3 is 2.44 bits per heavy atom. The molecule has 0 spiro atoms. The second-order valence-corrected chi connectivity index (χ2v) is 6.97. The topological polar surface area (TPSA) is 62.6 Å². The van der Waals surface area contributed by atoms with E-state index in [0.717, 1.165) is 12.2 Å². The Labute approximate surface area is 108 Å². The van der Waals surface area contributed by atoms with Crippen LogP contribution in [0.15, 0.2) is 12.4 Å². The fourth-order valence-electron chi connectivity index (χ4n) is 1.83. The maximum atomic E-state index is 11.3. The van der Waals surface area contributed by atoms with Crippen LogP contribution in [0, 0.1) is 0 Å². The van der Waals surface area contributed by atoms with Gasteiger partial charge < -0.3 is 13.3 Å². The van der Waals surface area contributed by atoms with Crippen molar-refractivity contribution in [1.29, 1.82) is 0 Å². The summed E-state index contributed by atoms with van der Waals surface area (Å²) in [7, 11) is 2.26. The van der Waals surface area contributed by atoms with Crippen molar-refractivity contribution in [1.82, 2.24) is 9.55 Å². The van der Waals surface area contributed by atoms with Crippen LogP contribution in [0.2, 0.25) is 6.04 Å². The van der Waals surface area contributed by atoms with E-state index in [2.05, 4.69) is 4.98 Å². The van der Waals surface area contributed by atoms with E-state index in [9.17, 15) is 4.79 Å². The van der Waals surface area contributed by atoms with Crippen molar-refractivity contribution in [3.8, 4) is 0 Å². The summed E-state index contributed by atoms with van der Waals surface area (Å²) in [5.74, 6) is 0.727. The Balaban J connectivity index is 2.55. The Kier molecular flexibility index (Phi) is 5.67. The molecule has 0 N–H and O–H groups in total. The average Bonchev–Trinajstić information content (AvgIpc) is 2.84. The predicted molar refractivity (Wildman–Crippen MR) is 68.4 cm³/mol. The minimum absolute atomic E-state index is 0.0313. The van der Waals surface area contributed by atoms with Crippen LogP contribution in [0.5, 0.6) is 0 Å². The van der Waals surface area contributed by atoms with Gasteiger partial charge in [0.25, 0.3) is 0 Å². The molecule has 0 amide bonds. The summed E-state index contributed by atoms with van der Waals surface area (Å²) >= 11 is 0. The number of nitrogens with zero attached hydrogens (tertiary/aromatic N) is 2. The third-order valence-electron chi connectivity index (χ3n) is 2.87. The number of carbonyl (C=O) groups is 1. The molecule has 0 aliphatic carbocycles. The van der Waals surface area contributed by atoms with Gasteiger partial charge in [-0.05, 0) is 6.42 Å². The summed E-state index contributed by atoms with van der Waals surface area (Å²) in [5.41, 5.74) is 0. The molecule has 1 aromatic heterocycles. The number of imidazole rings is 1. The number of rotatable bonds is 7. The first-order valence-electron chi connectivity index (χ1n) is 5.77. The van der Waals surface area contributed by atoms with Crippen molar-refractivity contribution in [2.24, 2.45) is 0 Å². The van der Waals surface area contributed by atoms with Crippen LogP contribution in [-0.4, -0.2) is 45.6 Å². The van der Waals surface area contributed by atoms with Gasteiger partial charge in [0.2, 0.25) is 5.91 Å². The van der Waals surface area contributed by atoms with Crippen LogP contribution in [0.25, 0.3) is 0 Å². The Hall–Kier alpha value is -1.02. The Morgan fingerprint density at radius 1 is 1.33 bits per heavy atom. The smallest absolute Gasteiger partial charge is 0.377 e. The van der Waals surface area contributed by atoms with Gasteiger partial charge in [-0.2, -0.15) is 0 Å². The van der Waals surface area contributed by atoms with Crippen molar-refractivity contribution in [3.05, 3.63) is 18.2 Å². The minimum Gasteiger partial charge on any atom is -0.377 e. The Morgan fingerprint density at radius 2 is 1.94 bits per heavy atom. The molecule has 0 aliphatic heterocycles. The molecule has 1 rings (SSSR count). The standard InChI is InChI=1S/C11H20N2O4Si/c1-10(14)13-8-7-12-11(13)6-5-9-18(15-2,16-3)17-4/h7-8H,5-6,9H2,1-4H3. The maximum absolute atomic E-state index is 11.3. The highest BCUT2D eigenvalue weighted by Crippen LogP contribution is 2.16. The van der Waals surface area contributed by atoms with Crippen molar-refractivity contribution in [2.45, 2.75) is 25.8 Å². The van der Waals surface area contributed by atoms with Crippen molar-refractivity contribution < 1.29 is 18.1 Å². The van der Waals surface area contributed by atoms with E-state index in [1.54, 1.807) is 38.3 Å². The van der Waals surface area contributed by atoms with Crippen LogP contribution >= 0.6 is 0 Å². The van der Waals surface area contributed by atoms with Gasteiger partial charge in [0.15, 0.2) is 0 Å². The molecule has 102 valence electrons. The normalized spacial score (nSPS) is 11.8. The number of hydrogen-bond acceptors (Lipinski definition) is 5. The minimum atomic E-state index is -2.52. The molecule has 1 aromatic rings. The summed E-state index contributed by atoms with van der Waals surface area (Å²) < 4.78 is 17.6. The lowest BCUT2D eigenvalue weighted by Crippen LogP contribution is -2.42. The van der Waals surface area contributed by atoms with E-state index in [1.807, 2.05) is 0 Å². The molecule has 0 fully saturated rings. The lowest BCUT2D eigenvalue weighted by atomic mass is 10.3. The molecule has 0 unspecified atom stereocenters. The molecule has 1 heterocycles. The second kappa shape index (κ2) is 6.79. The molecule has 0 bridgehead atoms. The van der Waals surface area contributed by atoms with Gasteiger partial charge in [0.1, 0.15) is 5.82 Å². The van der Waals surface area contributed by atoms with E-state index >= 15 is 0 Å².